The summed E-state index contributed by atoms with van der Waals surface area (Å²) in [6, 6.07) is 4.94. The Morgan fingerprint density at radius 3 is 2.23 bits per heavy atom. The van der Waals surface area contributed by atoms with Gasteiger partial charge in [-0.2, -0.15) is 0 Å². The first-order valence-electron chi connectivity index (χ1n) is 9.97. The Bertz CT molecular complexity index is 628. The predicted octanol–water partition coefficient (Wildman–Crippen LogP) is 3.02. The van der Waals surface area contributed by atoms with Crippen LogP contribution >= 0.6 is 0 Å². The number of hydrogen-bond acceptors (Lipinski definition) is 5. The number of piperazine rings is 1. The molecule has 5 heteroatoms. The molecule has 0 aromatic heterocycles. The smallest absolute Gasteiger partial charge is 0.203 e. The van der Waals surface area contributed by atoms with E-state index in [1.165, 1.54) is 44.3 Å². The summed E-state index contributed by atoms with van der Waals surface area (Å²) in [6.07, 6.45) is 5.90. The van der Waals surface area contributed by atoms with Gasteiger partial charge in [0.25, 0.3) is 0 Å². The highest BCUT2D eigenvalue weighted by atomic mass is 16.5. The van der Waals surface area contributed by atoms with Crippen molar-refractivity contribution in [2.45, 2.75) is 38.3 Å². The SMILES string of the molecule is COc1ccc(CN2CCN([C@H]3C[C@H]4CC[C@H]3C4)CC2)c(OC)c1OC. The van der Waals surface area contributed by atoms with Crippen LogP contribution in [0.1, 0.15) is 31.2 Å². The zero-order valence-corrected chi connectivity index (χ0v) is 16.4. The first-order valence-corrected chi connectivity index (χ1v) is 9.97. The Balaban J connectivity index is 1.38. The molecule has 1 aromatic rings. The predicted molar refractivity (Wildman–Crippen MR) is 102 cm³/mol. The van der Waals surface area contributed by atoms with Crippen LogP contribution in [0.3, 0.4) is 0 Å². The average molecular weight is 360 g/mol. The van der Waals surface area contributed by atoms with Gasteiger partial charge in [0, 0.05) is 44.3 Å². The maximum absolute atomic E-state index is 5.65. The van der Waals surface area contributed by atoms with Gasteiger partial charge in [-0.15, -0.1) is 0 Å². The Labute approximate surface area is 157 Å². The van der Waals surface area contributed by atoms with Crippen LogP contribution in [-0.2, 0) is 6.54 Å². The number of benzene rings is 1. The van der Waals surface area contributed by atoms with E-state index in [9.17, 15) is 0 Å². The molecule has 3 fully saturated rings. The number of methoxy groups -OCH3 is 3. The Morgan fingerprint density at radius 1 is 0.885 bits per heavy atom. The van der Waals surface area contributed by atoms with E-state index in [2.05, 4.69) is 15.9 Å². The van der Waals surface area contributed by atoms with Crippen LogP contribution in [0.25, 0.3) is 0 Å². The van der Waals surface area contributed by atoms with Crippen LogP contribution in [0.2, 0.25) is 0 Å². The second-order valence-corrected chi connectivity index (χ2v) is 8.05. The molecule has 1 heterocycles. The minimum absolute atomic E-state index is 0.688. The Morgan fingerprint density at radius 2 is 1.65 bits per heavy atom. The van der Waals surface area contributed by atoms with Crippen molar-refractivity contribution >= 4 is 0 Å². The van der Waals surface area contributed by atoms with Gasteiger partial charge >= 0.3 is 0 Å². The van der Waals surface area contributed by atoms with Gasteiger partial charge < -0.3 is 14.2 Å². The summed E-state index contributed by atoms with van der Waals surface area (Å²) in [5, 5.41) is 0. The fraction of sp³-hybridized carbons (Fsp3) is 0.714. The van der Waals surface area contributed by atoms with Crippen LogP contribution in [0.4, 0.5) is 0 Å². The molecule has 0 radical (unpaired) electrons. The van der Waals surface area contributed by atoms with Crippen molar-refractivity contribution in [2.24, 2.45) is 11.8 Å². The van der Waals surface area contributed by atoms with Crippen LogP contribution in [-0.4, -0.2) is 63.4 Å². The highest BCUT2D eigenvalue weighted by Crippen LogP contribution is 2.47. The fourth-order valence-electron chi connectivity index (χ4n) is 5.44. The van der Waals surface area contributed by atoms with Crippen molar-refractivity contribution in [1.29, 1.82) is 0 Å². The van der Waals surface area contributed by atoms with Crippen molar-refractivity contribution in [1.82, 2.24) is 9.80 Å². The van der Waals surface area contributed by atoms with E-state index in [0.717, 1.165) is 43.3 Å². The summed E-state index contributed by atoms with van der Waals surface area (Å²) >= 11 is 0. The normalized spacial score (nSPS) is 29.1. The number of nitrogens with zero attached hydrogens (tertiary/aromatic N) is 2. The minimum Gasteiger partial charge on any atom is -0.493 e. The first-order chi connectivity index (χ1) is 12.7. The number of hydrogen-bond donors (Lipinski definition) is 0. The zero-order chi connectivity index (χ0) is 18.1. The zero-order valence-electron chi connectivity index (χ0n) is 16.4. The Kier molecular flexibility index (Phi) is 5.28. The third-order valence-corrected chi connectivity index (χ3v) is 6.76. The molecule has 1 saturated heterocycles. The lowest BCUT2D eigenvalue weighted by molar-refractivity contribution is 0.0675. The largest absolute Gasteiger partial charge is 0.493 e. The molecular formula is C21H32N2O3. The molecule has 1 aromatic carbocycles. The topological polar surface area (TPSA) is 34.2 Å². The molecule has 5 nitrogen and oxygen atoms in total. The van der Waals surface area contributed by atoms with Crippen molar-refractivity contribution in [3.63, 3.8) is 0 Å². The lowest BCUT2D eigenvalue weighted by Gasteiger charge is -2.41. The molecule has 0 unspecified atom stereocenters. The third kappa shape index (κ3) is 3.27. The lowest BCUT2D eigenvalue weighted by atomic mass is 9.93. The molecule has 26 heavy (non-hydrogen) atoms. The molecule has 3 atom stereocenters. The molecule has 2 bridgehead atoms. The van der Waals surface area contributed by atoms with E-state index in [1.807, 2.05) is 6.07 Å². The Hall–Kier alpha value is -1.46. The van der Waals surface area contributed by atoms with Crippen LogP contribution in [0.15, 0.2) is 12.1 Å². The number of fused-ring (bicyclic) bond motifs is 2. The second kappa shape index (κ2) is 7.65. The standard InChI is InChI=1S/C21H32N2O3/c1-24-19-7-6-17(20(25-2)21(19)26-3)14-22-8-10-23(11-9-22)18-13-15-4-5-16(18)12-15/h6-7,15-16,18H,4-5,8-14H2,1-3H3/t15-,16-,18-/m0/s1. The van der Waals surface area contributed by atoms with E-state index >= 15 is 0 Å². The third-order valence-electron chi connectivity index (χ3n) is 6.76. The van der Waals surface area contributed by atoms with Gasteiger partial charge in [-0.05, 0) is 37.2 Å². The van der Waals surface area contributed by atoms with Crippen LogP contribution < -0.4 is 14.2 Å². The number of rotatable bonds is 6. The van der Waals surface area contributed by atoms with E-state index in [1.54, 1.807) is 21.3 Å². The van der Waals surface area contributed by atoms with Crippen LogP contribution in [0.5, 0.6) is 17.2 Å². The van der Waals surface area contributed by atoms with Crippen molar-refractivity contribution < 1.29 is 14.2 Å². The molecule has 3 aliphatic rings. The van der Waals surface area contributed by atoms with Gasteiger partial charge in [0.15, 0.2) is 11.5 Å². The molecule has 2 saturated carbocycles. The minimum atomic E-state index is 0.688. The van der Waals surface area contributed by atoms with Gasteiger partial charge in [-0.1, -0.05) is 12.5 Å². The van der Waals surface area contributed by atoms with E-state index in [-0.39, 0.29) is 0 Å². The summed E-state index contributed by atoms with van der Waals surface area (Å²) in [4.78, 5) is 5.31. The van der Waals surface area contributed by atoms with Gasteiger partial charge in [0.1, 0.15) is 0 Å². The summed E-state index contributed by atoms with van der Waals surface area (Å²) in [7, 11) is 5.03. The van der Waals surface area contributed by atoms with Gasteiger partial charge in [-0.3, -0.25) is 9.80 Å². The first kappa shape index (κ1) is 17.9. The van der Waals surface area contributed by atoms with Crippen molar-refractivity contribution in [3.05, 3.63) is 17.7 Å². The van der Waals surface area contributed by atoms with E-state index in [4.69, 9.17) is 14.2 Å². The van der Waals surface area contributed by atoms with Crippen molar-refractivity contribution in [3.8, 4) is 17.2 Å². The summed E-state index contributed by atoms with van der Waals surface area (Å²) in [5.74, 6) is 4.21. The molecular weight excluding hydrogens is 328 g/mol. The summed E-state index contributed by atoms with van der Waals surface area (Å²) < 4.78 is 16.6. The van der Waals surface area contributed by atoms with Gasteiger partial charge in [-0.25, -0.2) is 0 Å². The van der Waals surface area contributed by atoms with Crippen LogP contribution in [0, 0.1) is 11.8 Å². The molecule has 0 spiro atoms. The maximum Gasteiger partial charge on any atom is 0.203 e. The quantitative estimate of drug-likeness (QED) is 0.779. The van der Waals surface area contributed by atoms with E-state index < -0.39 is 0 Å². The summed E-state index contributed by atoms with van der Waals surface area (Å²) in [5.41, 5.74) is 1.17. The maximum atomic E-state index is 5.65. The average Bonchev–Trinajstić information content (AvgIpc) is 3.31. The molecule has 1 aliphatic heterocycles. The lowest BCUT2D eigenvalue weighted by Crippen LogP contribution is -2.51. The van der Waals surface area contributed by atoms with Gasteiger partial charge in [0.05, 0.1) is 21.3 Å². The highest BCUT2D eigenvalue weighted by Gasteiger charge is 2.42. The molecule has 144 valence electrons. The molecule has 0 N–H and O–H groups in total. The second-order valence-electron chi connectivity index (χ2n) is 8.05. The monoisotopic (exact) mass is 360 g/mol. The molecule has 2 aliphatic carbocycles. The summed E-state index contributed by atoms with van der Waals surface area (Å²) in [6.45, 7) is 5.55. The molecule has 0 amide bonds. The van der Waals surface area contributed by atoms with Crippen molar-refractivity contribution in [2.75, 3.05) is 47.5 Å². The fourth-order valence-corrected chi connectivity index (χ4v) is 5.44. The molecule has 4 rings (SSSR count). The highest BCUT2D eigenvalue weighted by molar-refractivity contribution is 5.55. The number of ether oxygens (including phenoxy) is 3. The van der Waals surface area contributed by atoms with Gasteiger partial charge in [0.2, 0.25) is 5.75 Å². The van der Waals surface area contributed by atoms with E-state index in [0.29, 0.717) is 11.5 Å².